The van der Waals surface area contributed by atoms with Gasteiger partial charge in [-0.3, -0.25) is 0 Å². The van der Waals surface area contributed by atoms with Crippen LogP contribution in [0, 0.1) is 40.0 Å². The first-order valence-electron chi connectivity index (χ1n) is 14.9. The van der Waals surface area contributed by atoms with Crippen molar-refractivity contribution in [3.8, 4) is 11.5 Å². The monoisotopic (exact) mass is 658 g/mol. The molecular formula is C38H52FeO2P2. The van der Waals surface area contributed by atoms with Crippen LogP contribution in [0.5, 0.6) is 11.5 Å². The van der Waals surface area contributed by atoms with E-state index >= 15 is 0 Å². The standard InChI is InChI=1S/C33H47O2P2.C5H5.Fe/c1-21-17-26(18-22(2)30(21)34-12)36(27-19-23(3)31(35-13)24(4)20-27)29-16-14-15-28(29)25(5)37(32(6,7)8)33(9,10)11;1-2-4-5-3-1;/h14-20,25H,1-13H3;1-5H;/t25-;;/m0../s1. The molecule has 2 aliphatic carbocycles. The molecule has 2 aromatic rings. The molecule has 43 heavy (non-hydrogen) atoms. The average Bonchev–Trinajstić information content (AvgIpc) is 3.58. The van der Waals surface area contributed by atoms with E-state index in [-0.39, 0.29) is 35.3 Å². The molecule has 0 aliphatic heterocycles. The molecule has 2 aliphatic rings. The quantitative estimate of drug-likeness (QED) is 0.218. The zero-order chi connectivity index (χ0) is 31.4. The van der Waals surface area contributed by atoms with Crippen molar-refractivity contribution in [1.29, 1.82) is 0 Å². The van der Waals surface area contributed by atoms with Gasteiger partial charge in [0.2, 0.25) is 0 Å². The Bertz CT molecular complexity index is 1240. The molecule has 234 valence electrons. The van der Waals surface area contributed by atoms with Gasteiger partial charge in [-0.15, -0.1) is 0 Å². The first kappa shape index (κ1) is 37.6. The third-order valence-electron chi connectivity index (χ3n) is 7.72. The Morgan fingerprint density at radius 2 is 1.02 bits per heavy atom. The second-order valence-electron chi connectivity index (χ2n) is 13.3. The average molecular weight is 659 g/mol. The summed E-state index contributed by atoms with van der Waals surface area (Å²) in [6, 6.07) is 9.41. The number of benzene rings is 2. The molecule has 0 amide bonds. The minimum atomic E-state index is -0.759. The van der Waals surface area contributed by atoms with Crippen LogP contribution in [0.25, 0.3) is 0 Å². The molecule has 0 saturated carbocycles. The van der Waals surface area contributed by atoms with E-state index in [1.165, 1.54) is 44.1 Å². The first-order valence-corrected chi connectivity index (χ1v) is 17.7. The Balaban J connectivity index is 0.000000973. The summed E-state index contributed by atoms with van der Waals surface area (Å²) in [5.41, 5.74) is 5.27. The summed E-state index contributed by atoms with van der Waals surface area (Å²) in [7, 11) is 2.48. The van der Waals surface area contributed by atoms with Gasteiger partial charge in [0.1, 0.15) is 11.5 Å². The smallest absolute Gasteiger partial charge is 0.124 e. The molecule has 4 rings (SSSR count). The predicted octanol–water partition coefficient (Wildman–Crippen LogP) is 10.2. The van der Waals surface area contributed by atoms with E-state index in [2.05, 4.69) is 119 Å². The Hall–Kier alpha value is -1.62. The number of hydrogen-bond acceptors (Lipinski definition) is 2. The Morgan fingerprint density at radius 1 is 0.628 bits per heavy atom. The van der Waals surface area contributed by atoms with Gasteiger partial charge in [-0.05, 0) is 114 Å². The van der Waals surface area contributed by atoms with Gasteiger partial charge in [-0.1, -0.05) is 98.9 Å². The van der Waals surface area contributed by atoms with Crippen LogP contribution in [0.3, 0.4) is 0 Å². The number of hydrogen-bond donors (Lipinski definition) is 0. The third kappa shape index (κ3) is 8.98. The molecule has 0 saturated heterocycles. The Labute approximate surface area is 276 Å². The van der Waals surface area contributed by atoms with Crippen molar-refractivity contribution in [2.75, 3.05) is 14.2 Å². The Kier molecular flexibility index (Phi) is 13.6. The topological polar surface area (TPSA) is 18.5 Å². The van der Waals surface area contributed by atoms with E-state index < -0.39 is 7.92 Å². The number of rotatable bonds is 7. The van der Waals surface area contributed by atoms with Crippen LogP contribution in [0.15, 0.2) is 72.1 Å². The maximum Gasteiger partial charge on any atom is 0.124 e. The van der Waals surface area contributed by atoms with Crippen LogP contribution in [-0.2, 0) is 17.1 Å². The van der Waals surface area contributed by atoms with Crippen LogP contribution in [0.2, 0.25) is 0 Å². The van der Waals surface area contributed by atoms with Crippen molar-refractivity contribution < 1.29 is 26.5 Å². The molecule has 0 spiro atoms. The second kappa shape index (κ2) is 15.6. The minimum absolute atomic E-state index is 0. The Morgan fingerprint density at radius 3 is 1.33 bits per heavy atom. The summed E-state index contributed by atoms with van der Waals surface area (Å²) in [5.74, 6) is 3.49. The molecule has 2 aromatic carbocycles. The van der Waals surface area contributed by atoms with E-state index in [1.54, 1.807) is 14.2 Å². The van der Waals surface area contributed by atoms with Crippen molar-refractivity contribution in [1.82, 2.24) is 0 Å². The number of methoxy groups -OCH3 is 2. The molecule has 0 N–H and O–H groups in total. The van der Waals surface area contributed by atoms with E-state index in [0.717, 1.165) is 11.5 Å². The molecule has 0 unspecified atom stereocenters. The van der Waals surface area contributed by atoms with Gasteiger partial charge >= 0.3 is 0 Å². The fourth-order valence-corrected chi connectivity index (χ4v) is 14.6. The van der Waals surface area contributed by atoms with Gasteiger partial charge in [0.15, 0.2) is 0 Å². The fourth-order valence-electron chi connectivity index (χ4n) is 6.79. The van der Waals surface area contributed by atoms with E-state index in [9.17, 15) is 0 Å². The van der Waals surface area contributed by atoms with Gasteiger partial charge in [-0.25, -0.2) is 0 Å². The maximum absolute atomic E-state index is 5.74. The number of ether oxygens (including phenoxy) is 2. The minimum Gasteiger partial charge on any atom is -0.496 e. The predicted molar refractivity (Wildman–Crippen MR) is 190 cm³/mol. The summed E-state index contributed by atoms with van der Waals surface area (Å²) >= 11 is 0. The summed E-state index contributed by atoms with van der Waals surface area (Å²) in [6.45, 7) is 25.7. The zero-order valence-electron chi connectivity index (χ0n) is 28.6. The van der Waals surface area contributed by atoms with Gasteiger partial charge in [0, 0.05) is 29.4 Å². The molecule has 0 aromatic heterocycles. The second-order valence-corrected chi connectivity index (χ2v) is 19.7. The van der Waals surface area contributed by atoms with Crippen molar-refractivity contribution in [2.45, 2.75) is 92.1 Å². The van der Waals surface area contributed by atoms with E-state index in [4.69, 9.17) is 9.47 Å². The number of aryl methyl sites for hydroxylation is 4. The van der Waals surface area contributed by atoms with Gasteiger partial charge in [0.25, 0.3) is 0 Å². The van der Waals surface area contributed by atoms with E-state index in [0.29, 0.717) is 5.66 Å². The van der Waals surface area contributed by atoms with Crippen LogP contribution >= 0.6 is 15.8 Å². The molecule has 0 heterocycles. The van der Waals surface area contributed by atoms with Crippen molar-refractivity contribution in [2.24, 2.45) is 0 Å². The molecule has 1 atom stereocenters. The summed E-state index contributed by atoms with van der Waals surface area (Å²) < 4.78 is 11.5. The molecule has 0 bridgehead atoms. The van der Waals surface area contributed by atoms with Crippen molar-refractivity contribution in [3.63, 3.8) is 0 Å². The maximum atomic E-state index is 5.74. The third-order valence-corrected chi connectivity index (χ3v) is 14.1. The molecular weight excluding hydrogens is 606 g/mol. The summed E-state index contributed by atoms with van der Waals surface area (Å²) in [4.78, 5) is 0. The van der Waals surface area contributed by atoms with Gasteiger partial charge < -0.3 is 9.47 Å². The zero-order valence-corrected chi connectivity index (χ0v) is 31.5. The molecule has 5 heteroatoms. The van der Waals surface area contributed by atoms with Crippen LogP contribution < -0.4 is 20.1 Å². The van der Waals surface area contributed by atoms with Gasteiger partial charge in [0.05, 0.1) is 14.2 Å². The molecule has 0 fully saturated rings. The first-order chi connectivity index (χ1) is 19.6. The SMILES string of the molecule is COc1c(C)cc(P(C2=CC=C[C]2[C@H](C)P(C(C)(C)C)C(C)(C)C)c2cc(C)c(OC)c(C)c2)cc1C.[CH]1C=CC=C1.[Fe]. The van der Waals surface area contributed by atoms with Gasteiger partial charge in [-0.2, -0.15) is 0 Å². The largest absolute Gasteiger partial charge is 0.496 e. The van der Waals surface area contributed by atoms with Crippen molar-refractivity contribution >= 4 is 26.5 Å². The van der Waals surface area contributed by atoms with Crippen LogP contribution in [-0.4, -0.2) is 30.2 Å². The normalized spacial score (nSPS) is 15.4. The number of allylic oxidation sites excluding steroid dienone is 8. The van der Waals surface area contributed by atoms with E-state index in [1.807, 2.05) is 30.7 Å². The molecule has 2 nitrogen and oxygen atoms in total. The summed E-state index contributed by atoms with van der Waals surface area (Å²) in [6.07, 6.45) is 17.1. The van der Waals surface area contributed by atoms with Crippen LogP contribution in [0.4, 0.5) is 0 Å². The fraction of sp³-hybridized carbons (Fsp3) is 0.421. The van der Waals surface area contributed by atoms with Crippen molar-refractivity contribution in [3.05, 3.63) is 107 Å². The van der Waals surface area contributed by atoms with Crippen LogP contribution in [0.1, 0.15) is 70.7 Å². The summed E-state index contributed by atoms with van der Waals surface area (Å²) in [5, 5.41) is 4.75. The molecule has 2 radical (unpaired) electrons.